The van der Waals surface area contributed by atoms with Crippen LogP contribution in [-0.2, 0) is 6.42 Å². The Hall–Kier alpha value is -0.830. The fraction of sp³-hybridized carbons (Fsp3) is 0.462. The molecule has 88 valence electrons. The van der Waals surface area contributed by atoms with Gasteiger partial charge in [-0.25, -0.2) is 0 Å². The Labute approximate surface area is 106 Å². The first-order chi connectivity index (χ1) is 7.48. The molecule has 0 saturated heterocycles. The van der Waals surface area contributed by atoms with Gasteiger partial charge in [-0.3, -0.25) is 4.79 Å². The van der Waals surface area contributed by atoms with Gasteiger partial charge in [0.05, 0.1) is 0 Å². The molecule has 0 unspecified atom stereocenters. The molecule has 0 fully saturated rings. The average Bonchev–Trinajstić information content (AvgIpc) is 2.28. The number of hydrogen-bond donors (Lipinski definition) is 1. The average molecular weight is 284 g/mol. The number of hydrogen-bond acceptors (Lipinski definition) is 1. The highest BCUT2D eigenvalue weighted by Crippen LogP contribution is 2.10. The SMILES string of the molecule is CCc1ccc(C(=O)NC(C)(C)CBr)cc1. The van der Waals surface area contributed by atoms with Crippen molar-refractivity contribution in [2.24, 2.45) is 0 Å². The maximum atomic E-state index is 11.9. The van der Waals surface area contributed by atoms with Gasteiger partial charge in [0, 0.05) is 16.4 Å². The first-order valence-corrected chi connectivity index (χ1v) is 6.58. The van der Waals surface area contributed by atoms with Crippen molar-refractivity contribution in [3.8, 4) is 0 Å². The number of rotatable bonds is 4. The minimum Gasteiger partial charge on any atom is -0.346 e. The number of alkyl halides is 1. The molecule has 1 aromatic carbocycles. The third-order valence-electron chi connectivity index (χ3n) is 2.41. The quantitative estimate of drug-likeness (QED) is 0.845. The van der Waals surface area contributed by atoms with Gasteiger partial charge in [0.2, 0.25) is 0 Å². The molecule has 1 aromatic rings. The van der Waals surface area contributed by atoms with E-state index >= 15 is 0 Å². The van der Waals surface area contributed by atoms with Gasteiger partial charge >= 0.3 is 0 Å². The summed E-state index contributed by atoms with van der Waals surface area (Å²) in [6.07, 6.45) is 0.995. The van der Waals surface area contributed by atoms with Gasteiger partial charge in [-0.1, -0.05) is 35.0 Å². The summed E-state index contributed by atoms with van der Waals surface area (Å²) in [4.78, 5) is 11.9. The van der Waals surface area contributed by atoms with Crippen molar-refractivity contribution in [2.75, 3.05) is 5.33 Å². The van der Waals surface area contributed by atoms with Crippen LogP contribution in [0.2, 0.25) is 0 Å². The smallest absolute Gasteiger partial charge is 0.251 e. The van der Waals surface area contributed by atoms with E-state index in [2.05, 4.69) is 28.2 Å². The van der Waals surface area contributed by atoms with Crippen molar-refractivity contribution in [2.45, 2.75) is 32.7 Å². The lowest BCUT2D eigenvalue weighted by molar-refractivity contribution is 0.0921. The summed E-state index contributed by atoms with van der Waals surface area (Å²) in [5.41, 5.74) is 1.74. The molecule has 0 aliphatic rings. The molecule has 1 rings (SSSR count). The van der Waals surface area contributed by atoms with Crippen LogP contribution in [0.15, 0.2) is 24.3 Å². The van der Waals surface area contributed by atoms with Crippen LogP contribution in [0.25, 0.3) is 0 Å². The van der Waals surface area contributed by atoms with Crippen molar-refractivity contribution < 1.29 is 4.79 Å². The lowest BCUT2D eigenvalue weighted by atomic mass is 10.1. The standard InChI is InChI=1S/C13H18BrNO/c1-4-10-5-7-11(8-6-10)12(16)15-13(2,3)9-14/h5-8H,4,9H2,1-3H3,(H,15,16). The number of carbonyl (C=O) groups is 1. The van der Waals surface area contributed by atoms with Crippen LogP contribution in [0.5, 0.6) is 0 Å². The molecular weight excluding hydrogens is 266 g/mol. The van der Waals surface area contributed by atoms with Crippen LogP contribution in [0.1, 0.15) is 36.7 Å². The van der Waals surface area contributed by atoms with E-state index in [0.29, 0.717) is 5.56 Å². The van der Waals surface area contributed by atoms with Crippen molar-refractivity contribution in [3.63, 3.8) is 0 Å². The normalized spacial score (nSPS) is 11.2. The summed E-state index contributed by atoms with van der Waals surface area (Å²) < 4.78 is 0. The van der Waals surface area contributed by atoms with E-state index in [1.165, 1.54) is 5.56 Å². The van der Waals surface area contributed by atoms with Crippen molar-refractivity contribution in [1.29, 1.82) is 0 Å². The Kier molecular flexibility index (Phi) is 4.54. The van der Waals surface area contributed by atoms with Gasteiger partial charge in [0.1, 0.15) is 0 Å². The van der Waals surface area contributed by atoms with E-state index in [4.69, 9.17) is 0 Å². The molecule has 1 N–H and O–H groups in total. The first-order valence-electron chi connectivity index (χ1n) is 5.46. The third-order valence-corrected chi connectivity index (χ3v) is 3.81. The summed E-state index contributed by atoms with van der Waals surface area (Å²) in [6.45, 7) is 6.07. The molecule has 0 heterocycles. The molecule has 0 bridgehead atoms. The summed E-state index contributed by atoms with van der Waals surface area (Å²) in [6, 6.07) is 7.74. The number of carbonyl (C=O) groups excluding carboxylic acids is 1. The highest BCUT2D eigenvalue weighted by atomic mass is 79.9. The second kappa shape index (κ2) is 5.48. The van der Waals surface area contributed by atoms with Gasteiger partial charge in [-0.05, 0) is 38.0 Å². The maximum absolute atomic E-state index is 11.9. The molecule has 2 nitrogen and oxygen atoms in total. The molecule has 1 amide bonds. The fourth-order valence-electron chi connectivity index (χ4n) is 1.30. The predicted octanol–water partition coefficient (Wildman–Crippen LogP) is 3.15. The van der Waals surface area contributed by atoms with Crippen LogP contribution in [0.4, 0.5) is 0 Å². The van der Waals surface area contributed by atoms with Crippen molar-refractivity contribution >= 4 is 21.8 Å². The molecule has 0 aromatic heterocycles. The van der Waals surface area contributed by atoms with E-state index in [1.54, 1.807) is 0 Å². The number of aryl methyl sites for hydroxylation is 1. The number of halogens is 1. The summed E-state index contributed by atoms with van der Waals surface area (Å²) in [7, 11) is 0. The summed E-state index contributed by atoms with van der Waals surface area (Å²) in [5, 5.41) is 3.71. The molecule has 0 aliphatic heterocycles. The molecule has 0 aliphatic carbocycles. The zero-order chi connectivity index (χ0) is 12.2. The lowest BCUT2D eigenvalue weighted by Crippen LogP contribution is -2.44. The van der Waals surface area contributed by atoms with Gasteiger partial charge in [-0.15, -0.1) is 0 Å². The maximum Gasteiger partial charge on any atom is 0.251 e. The van der Waals surface area contributed by atoms with Gasteiger partial charge < -0.3 is 5.32 Å². The molecule has 0 saturated carbocycles. The molecule has 0 atom stereocenters. The van der Waals surface area contributed by atoms with Crippen molar-refractivity contribution in [3.05, 3.63) is 35.4 Å². The largest absolute Gasteiger partial charge is 0.346 e. The Morgan fingerprint density at radius 1 is 1.31 bits per heavy atom. The minimum absolute atomic E-state index is 0.0212. The highest BCUT2D eigenvalue weighted by Gasteiger charge is 2.19. The molecule has 0 spiro atoms. The van der Waals surface area contributed by atoms with Crippen LogP contribution in [0, 0.1) is 0 Å². The second-order valence-electron chi connectivity index (χ2n) is 4.52. The zero-order valence-corrected chi connectivity index (χ0v) is 11.6. The van der Waals surface area contributed by atoms with Crippen LogP contribution < -0.4 is 5.32 Å². The Balaban J connectivity index is 2.73. The first kappa shape index (κ1) is 13.2. The Morgan fingerprint density at radius 3 is 2.31 bits per heavy atom. The Morgan fingerprint density at radius 2 is 1.88 bits per heavy atom. The lowest BCUT2D eigenvalue weighted by Gasteiger charge is -2.23. The van der Waals surface area contributed by atoms with Gasteiger partial charge in [0.25, 0.3) is 5.91 Å². The van der Waals surface area contributed by atoms with E-state index in [0.717, 1.165) is 11.8 Å². The fourth-order valence-corrected chi connectivity index (χ4v) is 1.44. The zero-order valence-electron chi connectivity index (χ0n) is 10.0. The number of benzene rings is 1. The summed E-state index contributed by atoms with van der Waals surface area (Å²) in [5.74, 6) is -0.0212. The third kappa shape index (κ3) is 3.63. The minimum atomic E-state index is -0.222. The topological polar surface area (TPSA) is 29.1 Å². The Bertz CT molecular complexity index is 357. The number of amides is 1. The van der Waals surface area contributed by atoms with Crippen LogP contribution in [-0.4, -0.2) is 16.8 Å². The van der Waals surface area contributed by atoms with E-state index < -0.39 is 0 Å². The molecule has 3 heteroatoms. The number of nitrogens with one attached hydrogen (secondary N) is 1. The highest BCUT2D eigenvalue weighted by molar-refractivity contribution is 9.09. The van der Waals surface area contributed by atoms with E-state index in [9.17, 15) is 4.79 Å². The molecule has 16 heavy (non-hydrogen) atoms. The molecular formula is C13H18BrNO. The van der Waals surface area contributed by atoms with Gasteiger partial charge in [0.15, 0.2) is 0 Å². The van der Waals surface area contributed by atoms with Gasteiger partial charge in [-0.2, -0.15) is 0 Å². The van der Waals surface area contributed by atoms with E-state index in [1.807, 2.05) is 38.1 Å². The van der Waals surface area contributed by atoms with Crippen LogP contribution in [0.3, 0.4) is 0 Å². The van der Waals surface area contributed by atoms with Crippen molar-refractivity contribution in [1.82, 2.24) is 5.32 Å². The van der Waals surface area contributed by atoms with E-state index in [-0.39, 0.29) is 11.4 Å². The summed E-state index contributed by atoms with van der Waals surface area (Å²) >= 11 is 3.38. The monoisotopic (exact) mass is 283 g/mol. The second-order valence-corrected chi connectivity index (χ2v) is 5.08. The van der Waals surface area contributed by atoms with Crippen LogP contribution >= 0.6 is 15.9 Å². The molecule has 0 radical (unpaired) electrons. The predicted molar refractivity (Wildman–Crippen MR) is 71.2 cm³/mol.